The standard InChI is InChI=1S/C19H18ClFN4OS/c1-3-25-18(26)17(22-16-6-4-5-15(20)12(16)2)23-24-19(25)27-11-13-7-9-14(21)10-8-13/h4-10H,3,11H2,1-2H3,(H,22,23). The van der Waals surface area contributed by atoms with Gasteiger partial charge < -0.3 is 5.32 Å². The maximum atomic E-state index is 13.0. The molecule has 0 amide bonds. The normalized spacial score (nSPS) is 10.8. The van der Waals surface area contributed by atoms with Crippen LogP contribution >= 0.6 is 23.4 Å². The maximum absolute atomic E-state index is 13.0. The van der Waals surface area contributed by atoms with E-state index in [2.05, 4.69) is 15.5 Å². The number of halogens is 2. The molecule has 8 heteroatoms. The summed E-state index contributed by atoms with van der Waals surface area (Å²) in [6.07, 6.45) is 0. The van der Waals surface area contributed by atoms with Gasteiger partial charge in [-0.15, -0.1) is 10.2 Å². The molecule has 1 aromatic heterocycles. The predicted molar refractivity (Wildman–Crippen MR) is 107 cm³/mol. The summed E-state index contributed by atoms with van der Waals surface area (Å²) >= 11 is 7.51. The molecule has 5 nitrogen and oxygen atoms in total. The van der Waals surface area contributed by atoms with E-state index in [4.69, 9.17) is 11.6 Å². The highest BCUT2D eigenvalue weighted by Gasteiger charge is 2.13. The van der Waals surface area contributed by atoms with E-state index in [0.29, 0.717) is 28.2 Å². The highest BCUT2D eigenvalue weighted by Crippen LogP contribution is 2.25. The Labute approximate surface area is 165 Å². The number of hydrogen-bond donors (Lipinski definition) is 1. The van der Waals surface area contributed by atoms with Gasteiger partial charge in [-0.25, -0.2) is 4.39 Å². The lowest BCUT2D eigenvalue weighted by Crippen LogP contribution is -2.26. The second-order valence-electron chi connectivity index (χ2n) is 5.83. The third-order valence-electron chi connectivity index (χ3n) is 4.03. The molecule has 0 atom stereocenters. The first-order valence-corrected chi connectivity index (χ1v) is 9.73. The Balaban J connectivity index is 1.83. The minimum absolute atomic E-state index is 0.147. The van der Waals surface area contributed by atoms with Crippen LogP contribution in [0.15, 0.2) is 52.4 Å². The topological polar surface area (TPSA) is 59.8 Å². The zero-order chi connectivity index (χ0) is 19.4. The van der Waals surface area contributed by atoms with E-state index in [1.165, 1.54) is 23.9 Å². The molecule has 0 saturated carbocycles. The van der Waals surface area contributed by atoms with Crippen molar-refractivity contribution in [1.29, 1.82) is 0 Å². The molecule has 1 heterocycles. The molecule has 3 aromatic rings. The van der Waals surface area contributed by atoms with Gasteiger partial charge in [-0.2, -0.15) is 0 Å². The van der Waals surface area contributed by atoms with Crippen LogP contribution in [-0.2, 0) is 12.3 Å². The monoisotopic (exact) mass is 404 g/mol. The molecule has 0 aliphatic heterocycles. The van der Waals surface area contributed by atoms with Crippen molar-refractivity contribution < 1.29 is 4.39 Å². The Morgan fingerprint density at radius 3 is 2.63 bits per heavy atom. The Morgan fingerprint density at radius 2 is 1.93 bits per heavy atom. The molecule has 0 unspecified atom stereocenters. The molecule has 0 radical (unpaired) electrons. The molecular formula is C19H18ClFN4OS. The van der Waals surface area contributed by atoms with Crippen LogP contribution < -0.4 is 10.9 Å². The highest BCUT2D eigenvalue weighted by atomic mass is 35.5. The lowest BCUT2D eigenvalue weighted by atomic mass is 10.2. The van der Waals surface area contributed by atoms with E-state index in [9.17, 15) is 9.18 Å². The third kappa shape index (κ3) is 4.48. The molecule has 0 saturated heterocycles. The van der Waals surface area contributed by atoms with Gasteiger partial charge in [0.15, 0.2) is 5.16 Å². The largest absolute Gasteiger partial charge is 0.334 e. The molecule has 2 aromatic carbocycles. The van der Waals surface area contributed by atoms with Crippen molar-refractivity contribution in [3.05, 3.63) is 74.8 Å². The second kappa shape index (κ2) is 8.54. The van der Waals surface area contributed by atoms with Crippen LogP contribution in [0, 0.1) is 12.7 Å². The summed E-state index contributed by atoms with van der Waals surface area (Å²) in [6, 6.07) is 11.7. The average Bonchev–Trinajstić information content (AvgIpc) is 2.66. The summed E-state index contributed by atoms with van der Waals surface area (Å²) in [5.41, 5.74) is 2.23. The van der Waals surface area contributed by atoms with Crippen LogP contribution in [0.3, 0.4) is 0 Å². The number of aromatic nitrogens is 3. The molecular weight excluding hydrogens is 387 g/mol. The third-order valence-corrected chi connectivity index (χ3v) is 5.48. The van der Waals surface area contributed by atoms with Crippen molar-refractivity contribution in [3.8, 4) is 0 Å². The first-order valence-electron chi connectivity index (χ1n) is 8.36. The summed E-state index contributed by atoms with van der Waals surface area (Å²) in [6.45, 7) is 4.20. The molecule has 0 aliphatic carbocycles. The van der Waals surface area contributed by atoms with E-state index in [0.717, 1.165) is 11.1 Å². The van der Waals surface area contributed by atoms with Crippen LogP contribution in [-0.4, -0.2) is 14.8 Å². The summed E-state index contributed by atoms with van der Waals surface area (Å²) in [5, 5.41) is 12.4. The van der Waals surface area contributed by atoms with Gasteiger partial charge in [-0.05, 0) is 49.2 Å². The van der Waals surface area contributed by atoms with Crippen molar-refractivity contribution in [1.82, 2.24) is 14.8 Å². The number of benzene rings is 2. The van der Waals surface area contributed by atoms with Gasteiger partial charge in [-0.3, -0.25) is 9.36 Å². The zero-order valence-electron chi connectivity index (χ0n) is 14.9. The molecule has 1 N–H and O–H groups in total. The highest BCUT2D eigenvalue weighted by molar-refractivity contribution is 7.98. The van der Waals surface area contributed by atoms with Crippen LogP contribution in [0.1, 0.15) is 18.1 Å². The van der Waals surface area contributed by atoms with Crippen molar-refractivity contribution in [3.63, 3.8) is 0 Å². The van der Waals surface area contributed by atoms with Gasteiger partial charge in [0.2, 0.25) is 5.82 Å². The lowest BCUT2D eigenvalue weighted by molar-refractivity contribution is 0.597. The Morgan fingerprint density at radius 1 is 1.19 bits per heavy atom. The van der Waals surface area contributed by atoms with Crippen LogP contribution in [0.4, 0.5) is 15.9 Å². The molecule has 3 rings (SSSR count). The molecule has 140 valence electrons. The van der Waals surface area contributed by atoms with E-state index in [1.54, 1.807) is 28.8 Å². The molecule has 0 spiro atoms. The van der Waals surface area contributed by atoms with Gasteiger partial charge >= 0.3 is 0 Å². The average molecular weight is 405 g/mol. The number of rotatable bonds is 6. The summed E-state index contributed by atoms with van der Waals surface area (Å²) < 4.78 is 14.6. The smallest absolute Gasteiger partial charge is 0.297 e. The summed E-state index contributed by atoms with van der Waals surface area (Å²) in [5.74, 6) is 0.434. The molecule has 0 aliphatic rings. The zero-order valence-corrected chi connectivity index (χ0v) is 16.4. The van der Waals surface area contributed by atoms with E-state index in [-0.39, 0.29) is 17.2 Å². The van der Waals surface area contributed by atoms with Crippen molar-refractivity contribution in [2.24, 2.45) is 0 Å². The van der Waals surface area contributed by atoms with Crippen LogP contribution in [0.5, 0.6) is 0 Å². The minimum Gasteiger partial charge on any atom is -0.334 e. The van der Waals surface area contributed by atoms with Crippen molar-refractivity contribution >= 4 is 34.9 Å². The minimum atomic E-state index is -0.277. The fourth-order valence-electron chi connectivity index (χ4n) is 2.47. The molecule has 27 heavy (non-hydrogen) atoms. The number of nitrogens with one attached hydrogen (secondary N) is 1. The summed E-state index contributed by atoms with van der Waals surface area (Å²) in [4.78, 5) is 12.8. The number of thioether (sulfide) groups is 1. The number of hydrogen-bond acceptors (Lipinski definition) is 5. The van der Waals surface area contributed by atoms with Gasteiger partial charge in [0.25, 0.3) is 5.56 Å². The number of nitrogens with zero attached hydrogens (tertiary/aromatic N) is 3. The summed E-state index contributed by atoms with van der Waals surface area (Å²) in [7, 11) is 0. The van der Waals surface area contributed by atoms with Crippen LogP contribution in [0.2, 0.25) is 5.02 Å². The first-order chi connectivity index (χ1) is 13.0. The number of anilines is 2. The van der Waals surface area contributed by atoms with Crippen LogP contribution in [0.25, 0.3) is 0 Å². The van der Waals surface area contributed by atoms with Gasteiger partial charge in [0, 0.05) is 23.0 Å². The Bertz CT molecular complexity index is 1010. The van der Waals surface area contributed by atoms with Crippen molar-refractivity contribution in [2.45, 2.75) is 31.3 Å². The fraction of sp³-hybridized carbons (Fsp3) is 0.211. The SMILES string of the molecule is CCn1c(SCc2ccc(F)cc2)nnc(Nc2cccc(Cl)c2C)c1=O. The first kappa shape index (κ1) is 19.4. The lowest BCUT2D eigenvalue weighted by Gasteiger charge is -2.13. The van der Waals surface area contributed by atoms with E-state index >= 15 is 0 Å². The predicted octanol–water partition coefficient (Wildman–Crippen LogP) is 4.80. The van der Waals surface area contributed by atoms with E-state index in [1.807, 2.05) is 19.9 Å². The Hall–Kier alpha value is -2.38. The molecule has 0 fully saturated rings. The quantitative estimate of drug-likeness (QED) is 0.598. The second-order valence-corrected chi connectivity index (χ2v) is 7.18. The maximum Gasteiger partial charge on any atom is 0.297 e. The van der Waals surface area contributed by atoms with Gasteiger partial charge in [-0.1, -0.05) is 41.6 Å². The van der Waals surface area contributed by atoms with E-state index < -0.39 is 0 Å². The van der Waals surface area contributed by atoms with Gasteiger partial charge in [0.1, 0.15) is 5.82 Å². The molecule has 0 bridgehead atoms. The van der Waals surface area contributed by atoms with Crippen molar-refractivity contribution in [2.75, 3.05) is 5.32 Å². The fourth-order valence-corrected chi connectivity index (χ4v) is 3.60. The Kier molecular flexibility index (Phi) is 6.13. The van der Waals surface area contributed by atoms with Gasteiger partial charge in [0.05, 0.1) is 0 Å².